The largest absolute Gasteiger partial charge is 0.504 e. The zero-order valence-electron chi connectivity index (χ0n) is 29.3. The zero-order valence-corrected chi connectivity index (χ0v) is 29.3. The highest BCUT2D eigenvalue weighted by atomic mass is 16.5. The number of benzene rings is 1. The monoisotopic (exact) mass is 618 g/mol. The summed E-state index contributed by atoms with van der Waals surface area (Å²) >= 11 is 0. The summed E-state index contributed by atoms with van der Waals surface area (Å²) in [7, 11) is 0. The average molecular weight is 619 g/mol. The van der Waals surface area contributed by atoms with Crippen LogP contribution >= 0.6 is 0 Å². The fourth-order valence-electron chi connectivity index (χ4n) is 7.15. The molecule has 0 aromatic heterocycles. The molecule has 0 saturated carbocycles. The van der Waals surface area contributed by atoms with Crippen LogP contribution in [-0.2, 0) is 14.3 Å². The number of hydrogen-bond acceptors (Lipinski definition) is 6. The van der Waals surface area contributed by atoms with Gasteiger partial charge in [-0.2, -0.15) is 0 Å². The fourth-order valence-corrected chi connectivity index (χ4v) is 7.15. The number of phenols is 2. The van der Waals surface area contributed by atoms with Gasteiger partial charge in [0.15, 0.2) is 23.1 Å². The van der Waals surface area contributed by atoms with Gasteiger partial charge in [0.05, 0.1) is 5.41 Å². The summed E-state index contributed by atoms with van der Waals surface area (Å²) in [6, 6.07) is 3.79. The van der Waals surface area contributed by atoms with E-state index in [2.05, 4.69) is 46.8 Å². The van der Waals surface area contributed by atoms with Crippen molar-refractivity contribution in [3.05, 3.63) is 70.0 Å². The Morgan fingerprint density at radius 1 is 0.844 bits per heavy atom. The third-order valence-electron chi connectivity index (χ3n) is 10.4. The number of ether oxygens (including phenoxy) is 1. The zero-order chi connectivity index (χ0) is 34.1. The number of allylic oxidation sites excluding steroid dienone is 8. The Hall–Kier alpha value is -3.41. The van der Waals surface area contributed by atoms with Gasteiger partial charge in [-0.1, -0.05) is 55.7 Å². The van der Waals surface area contributed by atoms with Crippen LogP contribution in [0.15, 0.2) is 64.5 Å². The number of Topliss-reactive ketones (excluding diaryl/α,β-unsaturated/α-hetero) is 2. The van der Waals surface area contributed by atoms with Gasteiger partial charge in [-0.05, 0) is 117 Å². The number of carbonyl (C=O) groups is 3. The van der Waals surface area contributed by atoms with Crippen molar-refractivity contribution >= 4 is 17.9 Å². The Kier molecular flexibility index (Phi) is 10.5. The standard InChI is InChI=1S/C39H54O6/c1-24(2)12-15-28-21-38(11)22-29(16-13-25(3)4)37(9,10)45-35(38)32(33(43)27-14-17-30(41)31(42)20-27)34(44)39(23-40,36(28,7)8)19-18-26(5)6/h12-14,17-18,20,23,28-29,41-42H,15-16,19,21-22H2,1-11H3/t28-,29+,38-,39-/m1/s1. The van der Waals surface area contributed by atoms with E-state index in [1.54, 1.807) is 0 Å². The lowest BCUT2D eigenvalue weighted by Crippen LogP contribution is -2.56. The smallest absolute Gasteiger partial charge is 0.200 e. The van der Waals surface area contributed by atoms with E-state index in [4.69, 9.17) is 4.74 Å². The van der Waals surface area contributed by atoms with Gasteiger partial charge in [-0.25, -0.2) is 0 Å². The molecule has 0 bridgehead atoms. The molecule has 0 radical (unpaired) electrons. The average Bonchev–Trinajstić information content (AvgIpc) is 2.93. The number of aromatic hydroxyl groups is 2. The van der Waals surface area contributed by atoms with Crippen LogP contribution < -0.4 is 0 Å². The van der Waals surface area contributed by atoms with Crippen LogP contribution in [0.5, 0.6) is 11.5 Å². The van der Waals surface area contributed by atoms with Crippen LogP contribution in [-0.4, -0.2) is 33.7 Å². The molecule has 0 unspecified atom stereocenters. The maximum atomic E-state index is 15.3. The Bertz CT molecular complexity index is 1460. The third kappa shape index (κ3) is 7.05. The number of ketones is 2. The van der Waals surface area contributed by atoms with Crippen LogP contribution in [0.25, 0.3) is 0 Å². The molecule has 45 heavy (non-hydrogen) atoms. The SMILES string of the molecule is CC(C)=CC[C@H]1C[C@@]2(C)C[C@@H](CC=C(C)C)C(C)(C)[C@@](C=O)(CC=C(C)C)C(=O)C(C(=O)c3ccc(O)c(O)c3)=C2OC1(C)C. The van der Waals surface area contributed by atoms with Crippen molar-refractivity contribution in [2.45, 2.75) is 114 Å². The number of rotatable bonds is 9. The highest BCUT2D eigenvalue weighted by molar-refractivity contribution is 6.30. The molecule has 4 atom stereocenters. The summed E-state index contributed by atoms with van der Waals surface area (Å²) in [4.78, 5) is 43.4. The van der Waals surface area contributed by atoms with Crippen LogP contribution in [0.3, 0.4) is 0 Å². The van der Waals surface area contributed by atoms with Crippen molar-refractivity contribution in [1.29, 1.82) is 0 Å². The normalized spacial score (nSPS) is 27.2. The number of carbonyl (C=O) groups excluding carboxylic acids is 3. The van der Waals surface area contributed by atoms with Crippen molar-refractivity contribution in [2.75, 3.05) is 0 Å². The molecule has 6 nitrogen and oxygen atoms in total. The van der Waals surface area contributed by atoms with Gasteiger partial charge in [-0.3, -0.25) is 9.59 Å². The summed E-state index contributed by atoms with van der Waals surface area (Å²) in [5, 5.41) is 20.3. The summed E-state index contributed by atoms with van der Waals surface area (Å²) in [5.74, 6) is -1.67. The Balaban J connectivity index is 2.48. The minimum absolute atomic E-state index is 0.0399. The van der Waals surface area contributed by atoms with Gasteiger partial charge in [0.1, 0.15) is 23.2 Å². The second-order valence-corrected chi connectivity index (χ2v) is 15.5. The molecule has 3 rings (SSSR count). The van der Waals surface area contributed by atoms with Crippen LogP contribution in [0.2, 0.25) is 0 Å². The topological polar surface area (TPSA) is 101 Å². The predicted octanol–water partition coefficient (Wildman–Crippen LogP) is 9.23. The molecule has 1 aliphatic heterocycles. The van der Waals surface area contributed by atoms with E-state index in [1.807, 2.05) is 47.6 Å². The summed E-state index contributed by atoms with van der Waals surface area (Å²) < 4.78 is 6.90. The van der Waals surface area contributed by atoms with Gasteiger partial charge in [0, 0.05) is 16.9 Å². The van der Waals surface area contributed by atoms with Crippen molar-refractivity contribution < 1.29 is 29.3 Å². The van der Waals surface area contributed by atoms with E-state index in [0.29, 0.717) is 25.0 Å². The molecular weight excluding hydrogens is 564 g/mol. The van der Waals surface area contributed by atoms with Gasteiger partial charge >= 0.3 is 0 Å². The molecule has 2 N–H and O–H groups in total. The number of hydrogen-bond donors (Lipinski definition) is 2. The molecule has 1 saturated heterocycles. The lowest BCUT2D eigenvalue weighted by atomic mass is 9.49. The first kappa shape index (κ1) is 36.1. The number of phenolic OH excluding ortho intramolecular Hbond substituents is 2. The highest BCUT2D eigenvalue weighted by Crippen LogP contribution is 2.61. The van der Waals surface area contributed by atoms with E-state index in [-0.39, 0.29) is 35.1 Å². The van der Waals surface area contributed by atoms with Crippen LogP contribution in [0, 0.1) is 28.1 Å². The van der Waals surface area contributed by atoms with Crippen LogP contribution in [0.4, 0.5) is 0 Å². The second-order valence-electron chi connectivity index (χ2n) is 15.5. The fraction of sp³-hybridized carbons (Fsp3) is 0.564. The van der Waals surface area contributed by atoms with E-state index in [9.17, 15) is 19.8 Å². The maximum Gasteiger partial charge on any atom is 0.200 e. The molecule has 1 aromatic carbocycles. The summed E-state index contributed by atoms with van der Waals surface area (Å²) in [5.41, 5.74) is -0.572. The predicted molar refractivity (Wildman–Crippen MR) is 180 cm³/mol. The summed E-state index contributed by atoms with van der Waals surface area (Å²) in [6.45, 7) is 22.2. The molecule has 246 valence electrons. The molecule has 0 amide bonds. The molecule has 6 heteroatoms. The number of aldehydes is 1. The van der Waals surface area contributed by atoms with Crippen molar-refractivity contribution in [2.24, 2.45) is 28.1 Å². The molecule has 1 aliphatic carbocycles. The van der Waals surface area contributed by atoms with Crippen molar-refractivity contribution in [1.82, 2.24) is 0 Å². The lowest BCUT2D eigenvalue weighted by molar-refractivity contribution is -0.149. The number of fused-ring (bicyclic) bond motifs is 1. The first-order valence-electron chi connectivity index (χ1n) is 16.1. The van der Waals surface area contributed by atoms with E-state index in [1.165, 1.54) is 23.8 Å². The third-order valence-corrected chi connectivity index (χ3v) is 10.4. The first-order valence-corrected chi connectivity index (χ1v) is 16.1. The molecule has 2 aliphatic rings. The van der Waals surface area contributed by atoms with Gasteiger partial charge < -0.3 is 19.7 Å². The minimum Gasteiger partial charge on any atom is -0.504 e. The quantitative estimate of drug-likeness (QED) is 0.0714. The van der Waals surface area contributed by atoms with Crippen LogP contribution in [0.1, 0.15) is 119 Å². The maximum absolute atomic E-state index is 15.3. The van der Waals surface area contributed by atoms with E-state index in [0.717, 1.165) is 23.9 Å². The highest BCUT2D eigenvalue weighted by Gasteiger charge is 2.61. The van der Waals surface area contributed by atoms with Gasteiger partial charge in [-0.15, -0.1) is 0 Å². The van der Waals surface area contributed by atoms with Crippen molar-refractivity contribution in [3.63, 3.8) is 0 Å². The molecule has 1 fully saturated rings. The Labute approximate surface area is 270 Å². The molecule has 0 spiro atoms. The Morgan fingerprint density at radius 3 is 1.89 bits per heavy atom. The first-order chi connectivity index (χ1) is 20.7. The van der Waals surface area contributed by atoms with Gasteiger partial charge in [0.25, 0.3) is 0 Å². The summed E-state index contributed by atoms with van der Waals surface area (Å²) in [6.07, 6.45) is 9.98. The van der Waals surface area contributed by atoms with E-state index < -0.39 is 39.2 Å². The molecule has 1 aromatic rings. The molecular formula is C39H54O6. The second kappa shape index (κ2) is 13.1. The van der Waals surface area contributed by atoms with Gasteiger partial charge in [0.2, 0.25) is 0 Å². The minimum atomic E-state index is -1.56. The van der Waals surface area contributed by atoms with E-state index >= 15 is 4.79 Å². The van der Waals surface area contributed by atoms with Crippen molar-refractivity contribution in [3.8, 4) is 11.5 Å². The Morgan fingerprint density at radius 2 is 1.38 bits per heavy atom. The lowest BCUT2D eigenvalue weighted by Gasteiger charge is -2.56. The molecule has 1 heterocycles.